The van der Waals surface area contributed by atoms with Crippen molar-refractivity contribution in [2.24, 2.45) is 0 Å². The highest BCUT2D eigenvalue weighted by molar-refractivity contribution is 7.99. The fraction of sp³-hybridized carbons (Fsp3) is 0.417. The molecule has 1 unspecified atom stereocenters. The third-order valence-corrected chi connectivity index (χ3v) is 3.15. The summed E-state index contributed by atoms with van der Waals surface area (Å²) in [5.41, 5.74) is 0. The van der Waals surface area contributed by atoms with Crippen molar-refractivity contribution in [1.82, 2.24) is 5.32 Å². The summed E-state index contributed by atoms with van der Waals surface area (Å²) in [5, 5.41) is 2.82. The van der Waals surface area contributed by atoms with Crippen molar-refractivity contribution in [3.63, 3.8) is 0 Å². The molecule has 1 rings (SSSR count). The Kier molecular flexibility index (Phi) is 5.96. The van der Waals surface area contributed by atoms with Crippen LogP contribution >= 0.6 is 11.8 Å². The first-order chi connectivity index (χ1) is 7.74. The van der Waals surface area contributed by atoms with Crippen molar-refractivity contribution in [1.29, 1.82) is 0 Å². The number of ether oxygens (including phenoxy) is 1. The van der Waals surface area contributed by atoms with Crippen molar-refractivity contribution in [2.75, 3.05) is 19.4 Å². The minimum absolute atomic E-state index is 0.0591. The Morgan fingerprint density at radius 2 is 2.12 bits per heavy atom. The summed E-state index contributed by atoms with van der Waals surface area (Å²) < 4.78 is 4.91. The van der Waals surface area contributed by atoms with Crippen LogP contribution in [0, 0.1) is 0 Å². The molecule has 0 bridgehead atoms. The lowest BCUT2D eigenvalue weighted by molar-refractivity contribution is -0.129. The lowest BCUT2D eigenvalue weighted by Crippen LogP contribution is -2.35. The van der Waals surface area contributed by atoms with Gasteiger partial charge in [0.25, 0.3) is 0 Å². The molecule has 1 aromatic rings. The van der Waals surface area contributed by atoms with E-state index in [1.54, 1.807) is 18.7 Å². The van der Waals surface area contributed by atoms with Crippen LogP contribution < -0.4 is 5.32 Å². The van der Waals surface area contributed by atoms with Crippen molar-refractivity contribution in [2.45, 2.75) is 17.9 Å². The molecule has 1 amide bonds. The van der Waals surface area contributed by atoms with Crippen molar-refractivity contribution >= 4 is 17.7 Å². The average Bonchev–Trinajstić information content (AvgIpc) is 2.34. The Hall–Kier alpha value is -1.00. The fourth-order valence-electron chi connectivity index (χ4n) is 1.11. The molecular formula is C12H17NO2S. The van der Waals surface area contributed by atoms with Crippen LogP contribution in [0.1, 0.15) is 6.92 Å². The summed E-state index contributed by atoms with van der Waals surface area (Å²) >= 11 is 1.73. The smallest absolute Gasteiger partial charge is 0.248 e. The van der Waals surface area contributed by atoms with Gasteiger partial charge >= 0.3 is 0 Å². The van der Waals surface area contributed by atoms with Gasteiger partial charge in [0, 0.05) is 24.3 Å². The summed E-state index contributed by atoms with van der Waals surface area (Å²) in [6.45, 7) is 2.39. The predicted molar refractivity (Wildman–Crippen MR) is 66.6 cm³/mol. The molecule has 0 heterocycles. The van der Waals surface area contributed by atoms with Crippen LogP contribution in [0.4, 0.5) is 0 Å². The molecule has 0 aliphatic heterocycles. The number of rotatable bonds is 6. The Labute approximate surface area is 101 Å². The lowest BCUT2D eigenvalue weighted by atomic mass is 10.4. The Bertz CT molecular complexity index is 316. The molecule has 3 nitrogen and oxygen atoms in total. The SMILES string of the molecule is COC(C)C(=O)NCCSc1ccccc1. The molecule has 16 heavy (non-hydrogen) atoms. The Balaban J connectivity index is 2.15. The first-order valence-corrected chi connectivity index (χ1v) is 6.21. The highest BCUT2D eigenvalue weighted by Gasteiger charge is 2.09. The molecule has 4 heteroatoms. The van der Waals surface area contributed by atoms with Gasteiger partial charge in [-0.05, 0) is 19.1 Å². The summed E-state index contributed by atoms with van der Waals surface area (Å²) in [5.74, 6) is 0.808. The molecule has 1 N–H and O–H groups in total. The first kappa shape index (κ1) is 13.1. The molecule has 0 aliphatic carbocycles. The largest absolute Gasteiger partial charge is 0.372 e. The number of hydrogen-bond acceptors (Lipinski definition) is 3. The lowest BCUT2D eigenvalue weighted by Gasteiger charge is -2.09. The number of amides is 1. The van der Waals surface area contributed by atoms with E-state index in [4.69, 9.17) is 4.74 Å². The third-order valence-electron chi connectivity index (χ3n) is 2.14. The van der Waals surface area contributed by atoms with Gasteiger partial charge in [0.2, 0.25) is 5.91 Å². The topological polar surface area (TPSA) is 38.3 Å². The standard InChI is InChI=1S/C12H17NO2S/c1-10(15-2)12(14)13-8-9-16-11-6-4-3-5-7-11/h3-7,10H,8-9H2,1-2H3,(H,13,14). The molecule has 1 atom stereocenters. The van der Waals surface area contributed by atoms with Gasteiger partial charge in [-0.3, -0.25) is 4.79 Å². The zero-order valence-electron chi connectivity index (χ0n) is 9.60. The molecule has 0 saturated carbocycles. The van der Waals surface area contributed by atoms with Gasteiger partial charge in [-0.15, -0.1) is 11.8 Å². The highest BCUT2D eigenvalue weighted by atomic mass is 32.2. The van der Waals surface area contributed by atoms with Gasteiger partial charge in [0.1, 0.15) is 6.10 Å². The van der Waals surface area contributed by atoms with Gasteiger partial charge in [-0.1, -0.05) is 18.2 Å². The number of carbonyl (C=O) groups is 1. The first-order valence-electron chi connectivity index (χ1n) is 5.22. The highest BCUT2D eigenvalue weighted by Crippen LogP contribution is 2.15. The van der Waals surface area contributed by atoms with Gasteiger partial charge < -0.3 is 10.1 Å². The van der Waals surface area contributed by atoms with Crippen LogP contribution in [0.25, 0.3) is 0 Å². The number of carbonyl (C=O) groups excluding carboxylic acids is 1. The Morgan fingerprint density at radius 1 is 1.44 bits per heavy atom. The summed E-state index contributed by atoms with van der Waals surface area (Å²) in [6.07, 6.45) is -0.373. The average molecular weight is 239 g/mol. The molecule has 0 aliphatic rings. The fourth-order valence-corrected chi connectivity index (χ4v) is 1.90. The number of hydrogen-bond donors (Lipinski definition) is 1. The monoisotopic (exact) mass is 239 g/mol. The molecule has 0 fully saturated rings. The van der Waals surface area contributed by atoms with E-state index in [9.17, 15) is 4.79 Å². The second-order valence-electron chi connectivity index (χ2n) is 3.33. The molecule has 0 radical (unpaired) electrons. The van der Waals surface area contributed by atoms with E-state index < -0.39 is 0 Å². The zero-order chi connectivity index (χ0) is 11.8. The van der Waals surface area contributed by atoms with Crippen LogP contribution in [0.2, 0.25) is 0 Å². The van der Waals surface area contributed by atoms with Crippen molar-refractivity contribution in [3.05, 3.63) is 30.3 Å². The normalized spacial score (nSPS) is 12.1. The Morgan fingerprint density at radius 3 is 2.75 bits per heavy atom. The van der Waals surface area contributed by atoms with E-state index in [-0.39, 0.29) is 12.0 Å². The number of benzene rings is 1. The number of methoxy groups -OCH3 is 1. The van der Waals surface area contributed by atoms with Gasteiger partial charge in [-0.2, -0.15) is 0 Å². The zero-order valence-corrected chi connectivity index (χ0v) is 10.4. The van der Waals surface area contributed by atoms with Crippen molar-refractivity contribution in [3.8, 4) is 0 Å². The molecule has 0 aromatic heterocycles. The van der Waals surface area contributed by atoms with E-state index >= 15 is 0 Å². The predicted octanol–water partition coefficient (Wildman–Crippen LogP) is 1.93. The number of thioether (sulfide) groups is 1. The van der Waals surface area contributed by atoms with Crippen molar-refractivity contribution < 1.29 is 9.53 Å². The minimum atomic E-state index is -0.373. The minimum Gasteiger partial charge on any atom is -0.372 e. The van der Waals surface area contributed by atoms with E-state index in [0.29, 0.717) is 6.54 Å². The summed E-state index contributed by atoms with van der Waals surface area (Å²) in [7, 11) is 1.53. The van der Waals surface area contributed by atoms with E-state index in [2.05, 4.69) is 17.4 Å². The van der Waals surface area contributed by atoms with E-state index in [1.165, 1.54) is 12.0 Å². The second-order valence-corrected chi connectivity index (χ2v) is 4.50. The molecule has 0 saturated heterocycles. The quantitative estimate of drug-likeness (QED) is 0.609. The van der Waals surface area contributed by atoms with Crippen LogP contribution in [-0.4, -0.2) is 31.4 Å². The molecule has 0 spiro atoms. The maximum Gasteiger partial charge on any atom is 0.248 e. The maximum atomic E-state index is 11.3. The second kappa shape index (κ2) is 7.30. The van der Waals surface area contributed by atoms with Gasteiger partial charge in [0.15, 0.2) is 0 Å². The molecule has 88 valence electrons. The summed E-state index contributed by atoms with van der Waals surface area (Å²) in [4.78, 5) is 12.6. The van der Waals surface area contributed by atoms with Crippen LogP contribution in [0.5, 0.6) is 0 Å². The van der Waals surface area contributed by atoms with E-state index in [0.717, 1.165) is 5.75 Å². The van der Waals surface area contributed by atoms with Gasteiger partial charge in [0.05, 0.1) is 0 Å². The van der Waals surface area contributed by atoms with Crippen LogP contribution in [0.3, 0.4) is 0 Å². The molecule has 1 aromatic carbocycles. The van der Waals surface area contributed by atoms with E-state index in [1.807, 2.05) is 18.2 Å². The maximum absolute atomic E-state index is 11.3. The molecular weight excluding hydrogens is 222 g/mol. The third kappa shape index (κ3) is 4.68. The van der Waals surface area contributed by atoms with Crippen LogP contribution in [-0.2, 0) is 9.53 Å². The summed E-state index contributed by atoms with van der Waals surface area (Å²) in [6, 6.07) is 10.1. The van der Waals surface area contributed by atoms with Crippen LogP contribution in [0.15, 0.2) is 35.2 Å². The van der Waals surface area contributed by atoms with Gasteiger partial charge in [-0.25, -0.2) is 0 Å². The number of nitrogens with one attached hydrogen (secondary N) is 1.